The van der Waals surface area contributed by atoms with Crippen molar-refractivity contribution in [2.75, 3.05) is 11.9 Å². The van der Waals surface area contributed by atoms with E-state index < -0.39 is 17.4 Å². The summed E-state index contributed by atoms with van der Waals surface area (Å²) in [6.07, 6.45) is 6.69. The molecule has 0 radical (unpaired) electrons. The molecular formula is C17H15N3O4S. The first kappa shape index (κ1) is 14.9. The highest BCUT2D eigenvalue weighted by atomic mass is 32.1. The van der Waals surface area contributed by atoms with Crippen molar-refractivity contribution in [2.45, 2.75) is 18.2 Å². The fourth-order valence-electron chi connectivity index (χ4n) is 4.08. The molecule has 2 fully saturated rings. The number of carbonyl (C=O) groups excluding carboxylic acids is 2. The van der Waals surface area contributed by atoms with Crippen LogP contribution in [0, 0.1) is 11.8 Å². The lowest BCUT2D eigenvalue weighted by Crippen LogP contribution is -2.41. The molecule has 2 aromatic rings. The van der Waals surface area contributed by atoms with Crippen LogP contribution >= 0.6 is 11.3 Å². The Balaban J connectivity index is 1.41. The first-order valence-corrected chi connectivity index (χ1v) is 8.93. The van der Waals surface area contributed by atoms with Crippen molar-refractivity contribution in [1.82, 2.24) is 9.88 Å². The standard InChI is InChI=1S/C17H15N3O4S/c21-14(19-16-18-5-7-25-16)12-11-3-4-17(24-11)9-20(15(22)13(12)17)8-10-2-1-6-23-10/h1-7,11-13H,8-9H2,(H,18,19,21)/t11-,12+,13-,17-/m1/s1. The zero-order valence-corrected chi connectivity index (χ0v) is 13.9. The molecule has 128 valence electrons. The highest BCUT2D eigenvalue weighted by molar-refractivity contribution is 7.13. The molecule has 7 nitrogen and oxygen atoms in total. The molecule has 0 aliphatic carbocycles. The number of amides is 2. The molecule has 3 aliphatic rings. The van der Waals surface area contributed by atoms with Gasteiger partial charge in [0.15, 0.2) is 5.13 Å². The lowest BCUT2D eigenvalue weighted by molar-refractivity contribution is -0.136. The normalized spacial score (nSPS) is 32.4. The number of nitrogens with one attached hydrogen (secondary N) is 1. The van der Waals surface area contributed by atoms with Crippen molar-refractivity contribution in [3.63, 3.8) is 0 Å². The number of hydrogen-bond donors (Lipinski definition) is 1. The van der Waals surface area contributed by atoms with Crippen molar-refractivity contribution >= 4 is 28.3 Å². The van der Waals surface area contributed by atoms with Gasteiger partial charge in [-0.25, -0.2) is 4.98 Å². The summed E-state index contributed by atoms with van der Waals surface area (Å²) in [5.41, 5.74) is -0.709. The Labute approximate surface area is 147 Å². The molecule has 0 saturated carbocycles. The van der Waals surface area contributed by atoms with Crippen LogP contribution in [0.3, 0.4) is 0 Å². The van der Waals surface area contributed by atoms with Crippen LogP contribution in [0.4, 0.5) is 5.13 Å². The molecule has 2 amide bonds. The first-order chi connectivity index (χ1) is 12.2. The first-order valence-electron chi connectivity index (χ1n) is 8.05. The van der Waals surface area contributed by atoms with E-state index in [4.69, 9.17) is 9.15 Å². The summed E-state index contributed by atoms with van der Waals surface area (Å²) in [6, 6.07) is 3.63. The maximum Gasteiger partial charge on any atom is 0.233 e. The van der Waals surface area contributed by atoms with Gasteiger partial charge in [0, 0.05) is 11.6 Å². The number of fused-ring (bicyclic) bond motifs is 1. The zero-order chi connectivity index (χ0) is 17.0. The second kappa shape index (κ2) is 5.27. The highest BCUT2D eigenvalue weighted by Crippen LogP contribution is 2.52. The molecule has 8 heteroatoms. The van der Waals surface area contributed by atoms with Gasteiger partial charge >= 0.3 is 0 Å². The number of aromatic nitrogens is 1. The topological polar surface area (TPSA) is 84.7 Å². The number of ether oxygens (including phenoxy) is 1. The van der Waals surface area contributed by atoms with Gasteiger partial charge in [-0.15, -0.1) is 11.3 Å². The average Bonchev–Trinajstić information content (AvgIpc) is 3.37. The van der Waals surface area contributed by atoms with Crippen LogP contribution in [-0.4, -0.2) is 39.9 Å². The Bertz CT molecular complexity index is 847. The van der Waals surface area contributed by atoms with E-state index in [9.17, 15) is 9.59 Å². The van der Waals surface area contributed by atoms with Crippen LogP contribution in [0.15, 0.2) is 46.5 Å². The molecule has 1 N–H and O–H groups in total. The van der Waals surface area contributed by atoms with Gasteiger partial charge in [-0.2, -0.15) is 0 Å². The molecule has 25 heavy (non-hydrogen) atoms. The summed E-state index contributed by atoms with van der Waals surface area (Å²) in [5.74, 6) is -0.612. The van der Waals surface area contributed by atoms with E-state index in [0.717, 1.165) is 0 Å². The molecule has 5 rings (SSSR count). The Morgan fingerprint density at radius 1 is 1.52 bits per heavy atom. The van der Waals surface area contributed by atoms with Gasteiger partial charge in [0.2, 0.25) is 11.8 Å². The number of likely N-dealkylation sites (tertiary alicyclic amines) is 1. The summed E-state index contributed by atoms with van der Waals surface area (Å²) in [6.45, 7) is 0.817. The SMILES string of the molecule is O=C(Nc1nccs1)[C@H]1[C@H]2C=C[C@]3(CN(Cc4ccco4)C(=O)[C@@H]13)O2. The van der Waals surface area contributed by atoms with Gasteiger partial charge in [-0.3, -0.25) is 9.59 Å². The van der Waals surface area contributed by atoms with Gasteiger partial charge in [-0.1, -0.05) is 12.2 Å². The maximum atomic E-state index is 13.0. The molecule has 1 spiro atoms. The van der Waals surface area contributed by atoms with Crippen LogP contribution in [0.25, 0.3) is 0 Å². The minimum absolute atomic E-state index is 0.0671. The van der Waals surface area contributed by atoms with Crippen molar-refractivity contribution in [2.24, 2.45) is 11.8 Å². The van der Waals surface area contributed by atoms with Crippen LogP contribution < -0.4 is 5.32 Å². The Hall–Kier alpha value is -2.45. The van der Waals surface area contributed by atoms with Crippen LogP contribution in [0.5, 0.6) is 0 Å². The smallest absolute Gasteiger partial charge is 0.233 e. The van der Waals surface area contributed by atoms with Crippen molar-refractivity contribution in [1.29, 1.82) is 0 Å². The molecule has 5 heterocycles. The Kier molecular flexibility index (Phi) is 3.13. The van der Waals surface area contributed by atoms with E-state index in [-0.39, 0.29) is 17.9 Å². The number of thiazole rings is 1. The number of nitrogens with zero attached hydrogens (tertiary/aromatic N) is 2. The summed E-state index contributed by atoms with van der Waals surface area (Å²) >= 11 is 1.35. The van der Waals surface area contributed by atoms with Crippen molar-refractivity contribution in [3.05, 3.63) is 47.9 Å². The number of carbonyl (C=O) groups is 2. The minimum atomic E-state index is -0.709. The molecule has 2 aromatic heterocycles. The Morgan fingerprint density at radius 3 is 3.20 bits per heavy atom. The number of furan rings is 1. The van der Waals surface area contributed by atoms with E-state index in [2.05, 4.69) is 10.3 Å². The quantitative estimate of drug-likeness (QED) is 0.841. The van der Waals surface area contributed by atoms with Crippen LogP contribution in [0.1, 0.15) is 5.76 Å². The highest BCUT2D eigenvalue weighted by Gasteiger charge is 2.66. The summed E-state index contributed by atoms with van der Waals surface area (Å²) < 4.78 is 11.4. The maximum absolute atomic E-state index is 13.0. The van der Waals surface area contributed by atoms with Gasteiger partial charge in [0.1, 0.15) is 11.4 Å². The minimum Gasteiger partial charge on any atom is -0.467 e. The number of rotatable bonds is 4. The van der Waals surface area contributed by atoms with Gasteiger partial charge in [0.05, 0.1) is 37.3 Å². The number of hydrogen-bond acceptors (Lipinski definition) is 6. The molecule has 3 aliphatic heterocycles. The van der Waals surface area contributed by atoms with Gasteiger partial charge in [0.25, 0.3) is 0 Å². The molecule has 0 aromatic carbocycles. The van der Waals surface area contributed by atoms with E-state index >= 15 is 0 Å². The summed E-state index contributed by atoms with van der Waals surface area (Å²) in [4.78, 5) is 31.5. The third-order valence-corrected chi connectivity index (χ3v) is 5.76. The average molecular weight is 357 g/mol. The zero-order valence-electron chi connectivity index (χ0n) is 13.1. The lowest BCUT2D eigenvalue weighted by atomic mass is 9.77. The van der Waals surface area contributed by atoms with Gasteiger partial charge < -0.3 is 19.4 Å². The van der Waals surface area contributed by atoms with E-state index in [1.54, 1.807) is 28.8 Å². The van der Waals surface area contributed by atoms with Crippen LogP contribution in [-0.2, 0) is 20.9 Å². The predicted molar refractivity (Wildman–Crippen MR) is 88.6 cm³/mol. The third-order valence-electron chi connectivity index (χ3n) is 5.07. The predicted octanol–water partition coefficient (Wildman–Crippen LogP) is 1.66. The fraction of sp³-hybridized carbons (Fsp3) is 0.353. The monoisotopic (exact) mass is 357 g/mol. The van der Waals surface area contributed by atoms with E-state index in [0.29, 0.717) is 24.0 Å². The molecule has 0 unspecified atom stereocenters. The third kappa shape index (κ3) is 2.17. The summed E-state index contributed by atoms with van der Waals surface area (Å²) in [7, 11) is 0. The second-order valence-electron chi connectivity index (χ2n) is 6.50. The largest absolute Gasteiger partial charge is 0.467 e. The molecule has 2 saturated heterocycles. The number of anilines is 1. The summed E-state index contributed by atoms with van der Waals surface area (Å²) in [5, 5.41) is 5.13. The molecule has 2 bridgehead atoms. The van der Waals surface area contributed by atoms with Gasteiger partial charge in [-0.05, 0) is 12.1 Å². The van der Waals surface area contributed by atoms with E-state index in [1.807, 2.05) is 18.2 Å². The van der Waals surface area contributed by atoms with Crippen molar-refractivity contribution < 1.29 is 18.7 Å². The molecular weight excluding hydrogens is 342 g/mol. The second-order valence-corrected chi connectivity index (χ2v) is 7.39. The molecule has 4 atom stereocenters. The van der Waals surface area contributed by atoms with Crippen LogP contribution in [0.2, 0.25) is 0 Å². The van der Waals surface area contributed by atoms with E-state index in [1.165, 1.54) is 11.3 Å². The van der Waals surface area contributed by atoms with Crippen molar-refractivity contribution in [3.8, 4) is 0 Å². The lowest BCUT2D eigenvalue weighted by Gasteiger charge is -2.23. The Morgan fingerprint density at radius 2 is 2.44 bits per heavy atom. The fourth-order valence-corrected chi connectivity index (χ4v) is 4.61.